The monoisotopic (exact) mass is 384 g/mol. The molecule has 1 aromatic heterocycles. The smallest absolute Gasteiger partial charge is 0.0360 e. The minimum absolute atomic E-state index is 0.423. The Morgan fingerprint density at radius 1 is 1.22 bits per heavy atom. The molecule has 94 valence electrons. The van der Waals surface area contributed by atoms with Gasteiger partial charge in [0.05, 0.1) is 0 Å². The third-order valence-corrected chi connectivity index (χ3v) is 5.24. The van der Waals surface area contributed by atoms with E-state index < -0.39 is 0 Å². The molecule has 0 aliphatic rings. The molecule has 2 aromatic rings. The van der Waals surface area contributed by atoms with Crippen LogP contribution < -0.4 is 0 Å². The van der Waals surface area contributed by atoms with E-state index in [0.29, 0.717) is 4.83 Å². The van der Waals surface area contributed by atoms with E-state index >= 15 is 0 Å². The molecule has 1 atom stereocenters. The predicted octanol–water partition coefficient (Wildman–Crippen LogP) is 6.36. The van der Waals surface area contributed by atoms with Crippen LogP contribution in [0.2, 0.25) is 0 Å². The maximum atomic E-state index is 3.60. The van der Waals surface area contributed by atoms with Crippen LogP contribution in [0.5, 0.6) is 0 Å². The van der Waals surface area contributed by atoms with Crippen LogP contribution in [0.3, 0.4) is 0 Å². The summed E-state index contributed by atoms with van der Waals surface area (Å²) in [6, 6.07) is 12.7. The van der Waals surface area contributed by atoms with Gasteiger partial charge in [0.15, 0.2) is 0 Å². The van der Waals surface area contributed by atoms with Gasteiger partial charge in [0.1, 0.15) is 0 Å². The van der Waals surface area contributed by atoms with Crippen molar-refractivity contribution < 1.29 is 0 Å². The lowest BCUT2D eigenvalue weighted by atomic mass is 10.2. The highest BCUT2D eigenvalue weighted by Crippen LogP contribution is 2.34. The van der Waals surface area contributed by atoms with Gasteiger partial charge >= 0.3 is 0 Å². The first kappa shape index (κ1) is 14.0. The lowest BCUT2D eigenvalue weighted by Gasteiger charge is -2.01. The average molecular weight is 386 g/mol. The van der Waals surface area contributed by atoms with Crippen LogP contribution >= 0.6 is 43.2 Å². The zero-order valence-electron chi connectivity index (χ0n) is 10.3. The van der Waals surface area contributed by atoms with Gasteiger partial charge in [-0.15, -0.1) is 11.3 Å². The van der Waals surface area contributed by atoms with Crippen molar-refractivity contribution >= 4 is 49.3 Å². The molecule has 0 amide bonds. The van der Waals surface area contributed by atoms with Crippen molar-refractivity contribution in [2.45, 2.75) is 18.7 Å². The highest BCUT2D eigenvalue weighted by Gasteiger charge is 2.06. The second-order valence-corrected chi connectivity index (χ2v) is 7.53. The van der Waals surface area contributed by atoms with Crippen molar-refractivity contribution in [2.75, 3.05) is 0 Å². The standard InChI is InChI=1S/C15H14Br2S/c1-10(11(2)16)9-12-7-8-15(18-12)13-5-3-4-6-14(13)17/h3-9,11H,1-2H3/b10-9+. The molecule has 1 heterocycles. The lowest BCUT2D eigenvalue weighted by Crippen LogP contribution is -1.89. The van der Waals surface area contributed by atoms with E-state index in [9.17, 15) is 0 Å². The first-order valence-electron chi connectivity index (χ1n) is 5.75. The summed E-state index contributed by atoms with van der Waals surface area (Å²) in [5, 5.41) is 0. The number of rotatable bonds is 3. The zero-order valence-corrected chi connectivity index (χ0v) is 14.3. The van der Waals surface area contributed by atoms with Crippen molar-refractivity contribution in [1.82, 2.24) is 0 Å². The minimum atomic E-state index is 0.423. The van der Waals surface area contributed by atoms with Gasteiger partial charge in [0.2, 0.25) is 0 Å². The Kier molecular flexibility index (Phi) is 4.82. The van der Waals surface area contributed by atoms with Crippen molar-refractivity contribution in [3.63, 3.8) is 0 Å². The van der Waals surface area contributed by atoms with Crippen molar-refractivity contribution in [3.05, 3.63) is 51.3 Å². The minimum Gasteiger partial charge on any atom is -0.136 e. The van der Waals surface area contributed by atoms with Gasteiger partial charge in [-0.25, -0.2) is 0 Å². The quantitative estimate of drug-likeness (QED) is 0.539. The largest absolute Gasteiger partial charge is 0.136 e. The molecular formula is C15H14Br2S. The fourth-order valence-electron chi connectivity index (χ4n) is 1.58. The zero-order chi connectivity index (χ0) is 13.1. The highest BCUT2D eigenvalue weighted by molar-refractivity contribution is 9.10. The molecule has 3 heteroatoms. The number of thiophene rings is 1. The summed E-state index contributed by atoms with van der Waals surface area (Å²) in [6.07, 6.45) is 2.24. The van der Waals surface area contributed by atoms with Gasteiger partial charge in [-0.05, 0) is 38.1 Å². The van der Waals surface area contributed by atoms with Crippen LogP contribution in [0.4, 0.5) is 0 Å². The Balaban J connectivity index is 2.32. The molecule has 0 N–H and O–H groups in total. The van der Waals surface area contributed by atoms with E-state index in [1.807, 2.05) is 17.4 Å². The second kappa shape index (κ2) is 6.18. The van der Waals surface area contributed by atoms with Gasteiger partial charge in [-0.3, -0.25) is 0 Å². The van der Waals surface area contributed by atoms with Gasteiger partial charge in [-0.1, -0.05) is 55.6 Å². The van der Waals surface area contributed by atoms with E-state index in [-0.39, 0.29) is 0 Å². The van der Waals surface area contributed by atoms with E-state index in [2.05, 4.69) is 82.1 Å². The molecule has 0 aliphatic heterocycles. The maximum absolute atomic E-state index is 3.60. The van der Waals surface area contributed by atoms with Crippen LogP contribution in [0, 0.1) is 0 Å². The van der Waals surface area contributed by atoms with Gasteiger partial charge in [0.25, 0.3) is 0 Å². The first-order chi connectivity index (χ1) is 8.58. The SMILES string of the molecule is C/C(=C\c1ccc(-c2ccccc2Br)s1)C(C)Br. The summed E-state index contributed by atoms with van der Waals surface area (Å²) in [7, 11) is 0. The van der Waals surface area contributed by atoms with Crippen molar-refractivity contribution in [1.29, 1.82) is 0 Å². The lowest BCUT2D eigenvalue weighted by molar-refractivity contribution is 1.16. The third-order valence-electron chi connectivity index (χ3n) is 2.76. The van der Waals surface area contributed by atoms with Crippen molar-refractivity contribution in [3.8, 4) is 10.4 Å². The fraction of sp³-hybridized carbons (Fsp3) is 0.200. The number of alkyl halides is 1. The number of halogens is 2. The molecule has 1 unspecified atom stereocenters. The third kappa shape index (κ3) is 3.34. The summed E-state index contributed by atoms with van der Waals surface area (Å²) in [6.45, 7) is 4.30. The van der Waals surface area contributed by atoms with Gasteiger partial charge < -0.3 is 0 Å². The second-order valence-electron chi connectivity index (χ2n) is 4.19. The summed E-state index contributed by atoms with van der Waals surface area (Å²) >= 11 is 9.01. The fourth-order valence-corrected chi connectivity index (χ4v) is 3.40. The normalized spacial score (nSPS) is 13.7. The van der Waals surface area contributed by atoms with E-state index in [4.69, 9.17) is 0 Å². The average Bonchev–Trinajstić information content (AvgIpc) is 2.77. The van der Waals surface area contributed by atoms with Crippen LogP contribution in [-0.2, 0) is 0 Å². The number of allylic oxidation sites excluding steroid dienone is 1. The molecule has 0 saturated heterocycles. The Labute approximate surface area is 129 Å². The van der Waals surface area contributed by atoms with Gasteiger partial charge in [0, 0.05) is 24.6 Å². The molecule has 18 heavy (non-hydrogen) atoms. The number of hydrogen-bond donors (Lipinski definition) is 0. The molecule has 0 saturated carbocycles. The van der Waals surface area contributed by atoms with Crippen LogP contribution in [0.15, 0.2) is 46.4 Å². The molecule has 0 nitrogen and oxygen atoms in total. The molecule has 0 radical (unpaired) electrons. The molecule has 1 aromatic carbocycles. The molecule has 0 bridgehead atoms. The first-order valence-corrected chi connectivity index (χ1v) is 8.27. The van der Waals surface area contributed by atoms with E-state index in [1.165, 1.54) is 20.9 Å². The Hall–Kier alpha value is -0.380. The highest BCUT2D eigenvalue weighted by atomic mass is 79.9. The topological polar surface area (TPSA) is 0 Å². The molecular weight excluding hydrogens is 372 g/mol. The summed E-state index contributed by atoms with van der Waals surface area (Å²) < 4.78 is 1.15. The molecule has 0 aliphatic carbocycles. The molecule has 2 rings (SSSR count). The molecule has 0 fully saturated rings. The maximum Gasteiger partial charge on any atom is 0.0360 e. The van der Waals surface area contributed by atoms with E-state index in [0.717, 1.165) is 4.47 Å². The van der Waals surface area contributed by atoms with Crippen LogP contribution in [0.1, 0.15) is 18.7 Å². The van der Waals surface area contributed by atoms with Crippen LogP contribution in [-0.4, -0.2) is 4.83 Å². The molecule has 0 spiro atoms. The Bertz CT molecular complexity index is 567. The number of hydrogen-bond acceptors (Lipinski definition) is 1. The summed E-state index contributed by atoms with van der Waals surface area (Å²) in [5.74, 6) is 0. The summed E-state index contributed by atoms with van der Waals surface area (Å²) in [5.41, 5.74) is 2.60. The van der Waals surface area contributed by atoms with Gasteiger partial charge in [-0.2, -0.15) is 0 Å². The van der Waals surface area contributed by atoms with E-state index in [1.54, 1.807) is 0 Å². The van der Waals surface area contributed by atoms with Crippen LogP contribution in [0.25, 0.3) is 16.5 Å². The Morgan fingerprint density at radius 2 is 1.94 bits per heavy atom. The number of benzene rings is 1. The predicted molar refractivity (Wildman–Crippen MR) is 89.5 cm³/mol. The summed E-state index contributed by atoms with van der Waals surface area (Å²) in [4.78, 5) is 3.01. The van der Waals surface area contributed by atoms with Crippen molar-refractivity contribution in [2.24, 2.45) is 0 Å². The Morgan fingerprint density at radius 3 is 2.61 bits per heavy atom.